The SMILES string of the molecule is COc1ccc(C(C)c2ccccc2)cc1Br. The molecule has 88 valence electrons. The Balaban J connectivity index is 2.32. The number of hydrogen-bond donors (Lipinski definition) is 0. The maximum Gasteiger partial charge on any atom is 0.133 e. The third-order valence-corrected chi connectivity index (χ3v) is 3.60. The van der Waals surface area contributed by atoms with Crippen molar-refractivity contribution >= 4 is 15.9 Å². The summed E-state index contributed by atoms with van der Waals surface area (Å²) in [5.41, 5.74) is 2.61. The molecule has 0 amide bonds. The Bertz CT molecular complexity index is 494. The summed E-state index contributed by atoms with van der Waals surface area (Å²) in [6.07, 6.45) is 0. The van der Waals surface area contributed by atoms with E-state index >= 15 is 0 Å². The normalized spacial score (nSPS) is 12.2. The van der Waals surface area contributed by atoms with Crippen LogP contribution in [0.3, 0.4) is 0 Å². The highest BCUT2D eigenvalue weighted by atomic mass is 79.9. The first-order valence-corrected chi connectivity index (χ1v) is 6.40. The molecule has 1 unspecified atom stereocenters. The number of rotatable bonds is 3. The molecule has 1 atom stereocenters. The monoisotopic (exact) mass is 290 g/mol. The molecule has 2 heteroatoms. The van der Waals surface area contributed by atoms with Gasteiger partial charge in [-0.3, -0.25) is 0 Å². The Morgan fingerprint density at radius 1 is 1.00 bits per heavy atom. The van der Waals surface area contributed by atoms with Crippen molar-refractivity contribution in [2.24, 2.45) is 0 Å². The summed E-state index contributed by atoms with van der Waals surface area (Å²) in [5, 5.41) is 0. The summed E-state index contributed by atoms with van der Waals surface area (Å²) in [6.45, 7) is 2.21. The average molecular weight is 291 g/mol. The molecule has 2 aromatic carbocycles. The molecule has 1 nitrogen and oxygen atoms in total. The van der Waals surface area contributed by atoms with E-state index in [1.807, 2.05) is 12.1 Å². The van der Waals surface area contributed by atoms with E-state index in [-0.39, 0.29) is 0 Å². The molecule has 0 saturated carbocycles. The molecular weight excluding hydrogens is 276 g/mol. The van der Waals surface area contributed by atoms with Gasteiger partial charge in [-0.2, -0.15) is 0 Å². The first-order valence-electron chi connectivity index (χ1n) is 5.60. The quantitative estimate of drug-likeness (QED) is 0.802. The van der Waals surface area contributed by atoms with Gasteiger partial charge in [-0.05, 0) is 39.2 Å². The van der Waals surface area contributed by atoms with E-state index in [1.165, 1.54) is 11.1 Å². The first-order chi connectivity index (χ1) is 8.22. The van der Waals surface area contributed by atoms with Crippen molar-refractivity contribution in [2.45, 2.75) is 12.8 Å². The summed E-state index contributed by atoms with van der Waals surface area (Å²) < 4.78 is 6.24. The highest BCUT2D eigenvalue weighted by molar-refractivity contribution is 9.10. The Labute approximate surface area is 111 Å². The van der Waals surface area contributed by atoms with Gasteiger partial charge in [0.05, 0.1) is 11.6 Å². The zero-order valence-electron chi connectivity index (χ0n) is 9.98. The zero-order chi connectivity index (χ0) is 12.3. The third kappa shape index (κ3) is 2.70. The van der Waals surface area contributed by atoms with E-state index in [4.69, 9.17) is 4.74 Å². The zero-order valence-corrected chi connectivity index (χ0v) is 11.6. The highest BCUT2D eigenvalue weighted by Crippen LogP contribution is 2.31. The first kappa shape index (κ1) is 12.2. The molecule has 0 heterocycles. The van der Waals surface area contributed by atoms with E-state index in [0.29, 0.717) is 5.92 Å². The summed E-state index contributed by atoms with van der Waals surface area (Å²) in [7, 11) is 1.68. The second kappa shape index (κ2) is 5.37. The third-order valence-electron chi connectivity index (χ3n) is 2.98. The van der Waals surface area contributed by atoms with Gasteiger partial charge >= 0.3 is 0 Å². The maximum atomic E-state index is 5.24. The minimum Gasteiger partial charge on any atom is -0.496 e. The Morgan fingerprint density at radius 2 is 1.71 bits per heavy atom. The minimum absolute atomic E-state index is 0.387. The lowest BCUT2D eigenvalue weighted by atomic mass is 9.93. The highest BCUT2D eigenvalue weighted by Gasteiger charge is 2.10. The largest absolute Gasteiger partial charge is 0.496 e. The van der Waals surface area contributed by atoms with Crippen molar-refractivity contribution in [2.75, 3.05) is 7.11 Å². The van der Waals surface area contributed by atoms with E-state index in [0.717, 1.165) is 10.2 Å². The van der Waals surface area contributed by atoms with Crippen LogP contribution < -0.4 is 4.74 Å². The van der Waals surface area contributed by atoms with Crippen LogP contribution in [-0.2, 0) is 0 Å². The number of halogens is 1. The number of ether oxygens (including phenoxy) is 1. The fourth-order valence-corrected chi connectivity index (χ4v) is 2.44. The van der Waals surface area contributed by atoms with Crippen LogP contribution in [0.15, 0.2) is 53.0 Å². The molecule has 0 spiro atoms. The molecule has 2 rings (SSSR count). The van der Waals surface area contributed by atoms with Gasteiger partial charge in [0, 0.05) is 5.92 Å². The molecule has 0 N–H and O–H groups in total. The van der Waals surface area contributed by atoms with Crippen LogP contribution in [0, 0.1) is 0 Å². The molecule has 0 bridgehead atoms. The van der Waals surface area contributed by atoms with E-state index in [2.05, 4.69) is 59.3 Å². The molecule has 17 heavy (non-hydrogen) atoms. The van der Waals surface area contributed by atoms with Gasteiger partial charge in [0.2, 0.25) is 0 Å². The Morgan fingerprint density at radius 3 is 2.29 bits per heavy atom. The molecule has 0 aliphatic heterocycles. The Hall–Kier alpha value is -1.28. The summed E-state index contributed by atoms with van der Waals surface area (Å²) >= 11 is 3.52. The van der Waals surface area contributed by atoms with Crippen LogP contribution in [0.1, 0.15) is 24.0 Å². The van der Waals surface area contributed by atoms with Crippen LogP contribution in [0.5, 0.6) is 5.75 Å². The van der Waals surface area contributed by atoms with Gasteiger partial charge in [-0.1, -0.05) is 43.3 Å². The van der Waals surface area contributed by atoms with E-state index < -0.39 is 0 Å². The summed E-state index contributed by atoms with van der Waals surface area (Å²) in [4.78, 5) is 0. The molecule has 0 radical (unpaired) electrons. The van der Waals surface area contributed by atoms with Crippen LogP contribution in [0.25, 0.3) is 0 Å². The standard InChI is InChI=1S/C15H15BrO/c1-11(12-6-4-3-5-7-12)13-8-9-15(17-2)14(16)10-13/h3-11H,1-2H3. The molecular formula is C15H15BrO. The van der Waals surface area contributed by atoms with Crippen LogP contribution >= 0.6 is 15.9 Å². The second-order valence-corrected chi connectivity index (χ2v) is 4.88. The van der Waals surface area contributed by atoms with Gasteiger partial charge in [-0.15, -0.1) is 0 Å². The molecule has 0 aromatic heterocycles. The van der Waals surface area contributed by atoms with E-state index in [1.54, 1.807) is 7.11 Å². The molecule has 0 aliphatic rings. The second-order valence-electron chi connectivity index (χ2n) is 4.03. The number of hydrogen-bond acceptors (Lipinski definition) is 1. The smallest absolute Gasteiger partial charge is 0.133 e. The van der Waals surface area contributed by atoms with Gasteiger partial charge in [-0.25, -0.2) is 0 Å². The van der Waals surface area contributed by atoms with Crippen molar-refractivity contribution in [1.29, 1.82) is 0 Å². The fraction of sp³-hybridized carbons (Fsp3) is 0.200. The van der Waals surface area contributed by atoms with Crippen LogP contribution in [0.4, 0.5) is 0 Å². The van der Waals surface area contributed by atoms with Gasteiger partial charge in [0.1, 0.15) is 5.75 Å². The molecule has 0 saturated heterocycles. The lowest BCUT2D eigenvalue weighted by Crippen LogP contribution is -1.96. The summed E-state index contributed by atoms with van der Waals surface area (Å²) in [5.74, 6) is 1.26. The van der Waals surface area contributed by atoms with Gasteiger partial charge in [0.25, 0.3) is 0 Å². The van der Waals surface area contributed by atoms with E-state index in [9.17, 15) is 0 Å². The Kier molecular flexibility index (Phi) is 3.85. The van der Waals surface area contributed by atoms with Gasteiger partial charge in [0.15, 0.2) is 0 Å². The number of methoxy groups -OCH3 is 1. The predicted octanol–water partition coefficient (Wildman–Crippen LogP) is 4.61. The maximum absolute atomic E-state index is 5.24. The van der Waals surface area contributed by atoms with Crippen molar-refractivity contribution in [3.8, 4) is 5.75 Å². The minimum atomic E-state index is 0.387. The van der Waals surface area contributed by atoms with Crippen molar-refractivity contribution in [1.82, 2.24) is 0 Å². The topological polar surface area (TPSA) is 9.23 Å². The van der Waals surface area contributed by atoms with Crippen molar-refractivity contribution in [3.05, 3.63) is 64.1 Å². The van der Waals surface area contributed by atoms with Crippen LogP contribution in [-0.4, -0.2) is 7.11 Å². The predicted molar refractivity (Wildman–Crippen MR) is 74.7 cm³/mol. The lowest BCUT2D eigenvalue weighted by molar-refractivity contribution is 0.412. The fourth-order valence-electron chi connectivity index (χ4n) is 1.89. The molecule has 2 aromatic rings. The lowest BCUT2D eigenvalue weighted by Gasteiger charge is -2.14. The average Bonchev–Trinajstić information content (AvgIpc) is 2.39. The van der Waals surface area contributed by atoms with Crippen molar-refractivity contribution in [3.63, 3.8) is 0 Å². The number of benzene rings is 2. The molecule has 0 fully saturated rings. The summed E-state index contributed by atoms with van der Waals surface area (Å²) in [6, 6.07) is 16.7. The molecule has 0 aliphatic carbocycles. The van der Waals surface area contributed by atoms with Gasteiger partial charge < -0.3 is 4.74 Å². The van der Waals surface area contributed by atoms with Crippen LogP contribution in [0.2, 0.25) is 0 Å². The van der Waals surface area contributed by atoms with Crippen molar-refractivity contribution < 1.29 is 4.74 Å².